The molecule has 4 rings (SSSR count). The Labute approximate surface area is 170 Å². The minimum absolute atomic E-state index is 0.649. The van der Waals surface area contributed by atoms with Crippen molar-refractivity contribution >= 4 is 16.7 Å². The van der Waals surface area contributed by atoms with Gasteiger partial charge in [0.25, 0.3) is 0 Å². The lowest BCUT2D eigenvalue weighted by Gasteiger charge is -2.08. The zero-order chi connectivity index (χ0) is 20.2. The molecule has 146 valence electrons. The highest BCUT2D eigenvalue weighted by Gasteiger charge is 2.08. The largest absolute Gasteiger partial charge is 0.493 e. The zero-order valence-electron chi connectivity index (χ0n) is 16.8. The molecule has 0 saturated carbocycles. The molecule has 0 aliphatic rings. The van der Waals surface area contributed by atoms with Crippen LogP contribution in [0.15, 0.2) is 82.2 Å². The molecule has 4 nitrogen and oxygen atoms in total. The van der Waals surface area contributed by atoms with Crippen LogP contribution in [0.2, 0.25) is 0 Å². The van der Waals surface area contributed by atoms with E-state index in [1.165, 1.54) is 5.56 Å². The summed E-state index contributed by atoms with van der Waals surface area (Å²) in [5.41, 5.74) is 3.85. The molecule has 29 heavy (non-hydrogen) atoms. The fourth-order valence-electron chi connectivity index (χ4n) is 3.31. The molecule has 1 heterocycles. The van der Waals surface area contributed by atoms with Crippen molar-refractivity contribution in [1.29, 1.82) is 0 Å². The van der Waals surface area contributed by atoms with E-state index in [1.807, 2.05) is 60.7 Å². The monoisotopic (exact) mass is 385 g/mol. The molecule has 4 heteroatoms. The molecule has 0 radical (unpaired) electrons. The molecule has 0 fully saturated rings. The number of rotatable bonds is 5. The van der Waals surface area contributed by atoms with Crippen molar-refractivity contribution in [3.63, 3.8) is 0 Å². The first-order chi connectivity index (χ1) is 14.2. The van der Waals surface area contributed by atoms with Gasteiger partial charge in [-0.15, -0.1) is 0 Å². The van der Waals surface area contributed by atoms with Gasteiger partial charge in [0.2, 0.25) is 0 Å². The Morgan fingerprint density at radius 2 is 1.62 bits per heavy atom. The second-order valence-corrected chi connectivity index (χ2v) is 6.70. The van der Waals surface area contributed by atoms with Gasteiger partial charge in [-0.2, -0.15) is 0 Å². The first kappa shape index (κ1) is 18.8. The van der Waals surface area contributed by atoms with Gasteiger partial charge in [-0.1, -0.05) is 43.3 Å². The van der Waals surface area contributed by atoms with Crippen molar-refractivity contribution < 1.29 is 13.9 Å². The number of hydrogen-bond acceptors (Lipinski definition) is 4. The fraction of sp³-hybridized carbons (Fsp3) is 0.160. The lowest BCUT2D eigenvalue weighted by Crippen LogP contribution is -2.04. The smallest absolute Gasteiger partial charge is 0.162 e. The van der Waals surface area contributed by atoms with Gasteiger partial charge in [-0.25, -0.2) is 4.99 Å². The van der Waals surface area contributed by atoms with Gasteiger partial charge in [0.05, 0.1) is 25.3 Å². The van der Waals surface area contributed by atoms with E-state index in [4.69, 9.17) is 18.9 Å². The van der Waals surface area contributed by atoms with Gasteiger partial charge in [0.15, 0.2) is 11.5 Å². The van der Waals surface area contributed by atoms with E-state index in [2.05, 4.69) is 19.1 Å². The second kappa shape index (κ2) is 8.23. The fourth-order valence-corrected chi connectivity index (χ4v) is 3.31. The van der Waals surface area contributed by atoms with Crippen LogP contribution in [0.3, 0.4) is 0 Å². The van der Waals surface area contributed by atoms with Crippen LogP contribution in [0.4, 0.5) is 5.69 Å². The van der Waals surface area contributed by atoms with Gasteiger partial charge in [0.1, 0.15) is 11.3 Å². The first-order valence-corrected chi connectivity index (χ1v) is 9.60. The van der Waals surface area contributed by atoms with Crippen molar-refractivity contribution in [3.8, 4) is 22.8 Å². The van der Waals surface area contributed by atoms with Crippen LogP contribution in [0, 0.1) is 0 Å². The van der Waals surface area contributed by atoms with Gasteiger partial charge in [-0.05, 0) is 36.2 Å². The number of methoxy groups -OCH3 is 2. The van der Waals surface area contributed by atoms with E-state index < -0.39 is 0 Å². The first-order valence-electron chi connectivity index (χ1n) is 9.60. The summed E-state index contributed by atoms with van der Waals surface area (Å²) >= 11 is 0. The van der Waals surface area contributed by atoms with Gasteiger partial charge >= 0.3 is 0 Å². The van der Waals surface area contributed by atoms with Crippen molar-refractivity contribution in [1.82, 2.24) is 0 Å². The zero-order valence-corrected chi connectivity index (χ0v) is 16.8. The standard InChI is InChI=1S/C25H23NO3/c1-4-17-10-12-22-20(14-17)21(16-24(29-22)18-8-6-5-7-9-18)26-19-11-13-23(27-2)25(15-19)28-3/h5-16H,4H2,1-3H3. The average Bonchev–Trinajstić information content (AvgIpc) is 2.79. The highest BCUT2D eigenvalue weighted by molar-refractivity contribution is 5.79. The molecule has 0 atom stereocenters. The third-order valence-electron chi connectivity index (χ3n) is 4.89. The number of ether oxygens (including phenoxy) is 2. The third kappa shape index (κ3) is 3.87. The summed E-state index contributed by atoms with van der Waals surface area (Å²) in [5, 5.41) is 1.84. The molecule has 0 amide bonds. The number of hydrogen-bond donors (Lipinski definition) is 0. The van der Waals surface area contributed by atoms with Gasteiger partial charge in [0, 0.05) is 23.1 Å². The van der Waals surface area contributed by atoms with Crippen molar-refractivity contribution in [2.45, 2.75) is 13.3 Å². The lowest BCUT2D eigenvalue weighted by molar-refractivity contribution is 0.355. The summed E-state index contributed by atoms with van der Waals surface area (Å²) in [4.78, 5) is 4.92. The Balaban J connectivity index is 1.97. The summed E-state index contributed by atoms with van der Waals surface area (Å²) in [6.45, 7) is 2.14. The Morgan fingerprint density at radius 1 is 0.828 bits per heavy atom. The molecule has 3 aromatic carbocycles. The number of fused-ring (bicyclic) bond motifs is 1. The van der Waals surface area contributed by atoms with E-state index in [0.29, 0.717) is 11.5 Å². The predicted molar refractivity (Wildman–Crippen MR) is 116 cm³/mol. The lowest BCUT2D eigenvalue weighted by atomic mass is 10.1. The highest BCUT2D eigenvalue weighted by atomic mass is 16.5. The molecule has 0 unspecified atom stereocenters. The Bertz CT molecular complexity index is 1210. The molecule has 0 aliphatic carbocycles. The van der Waals surface area contributed by atoms with E-state index in [9.17, 15) is 0 Å². The number of benzene rings is 3. The van der Waals surface area contributed by atoms with Crippen molar-refractivity contribution in [2.75, 3.05) is 14.2 Å². The van der Waals surface area contributed by atoms with Crippen LogP contribution in [0.1, 0.15) is 12.5 Å². The van der Waals surface area contributed by atoms with E-state index in [1.54, 1.807) is 14.2 Å². The van der Waals surface area contributed by atoms with Crippen LogP contribution in [0.25, 0.3) is 22.3 Å². The maximum absolute atomic E-state index is 6.20. The average molecular weight is 385 g/mol. The minimum Gasteiger partial charge on any atom is -0.493 e. The molecule has 0 bridgehead atoms. The van der Waals surface area contributed by atoms with Gasteiger partial charge < -0.3 is 13.9 Å². The third-order valence-corrected chi connectivity index (χ3v) is 4.89. The van der Waals surface area contributed by atoms with Crippen LogP contribution >= 0.6 is 0 Å². The maximum Gasteiger partial charge on any atom is 0.162 e. The number of aryl methyl sites for hydroxylation is 1. The molecular formula is C25H23NO3. The predicted octanol–water partition coefficient (Wildman–Crippen LogP) is 5.91. The summed E-state index contributed by atoms with van der Waals surface area (Å²) in [6.07, 6.45) is 0.951. The maximum atomic E-state index is 6.20. The van der Waals surface area contributed by atoms with Crippen LogP contribution in [-0.4, -0.2) is 14.2 Å². The number of nitrogens with zero attached hydrogens (tertiary/aromatic N) is 1. The molecule has 4 aromatic rings. The molecule has 1 aromatic heterocycles. The van der Waals surface area contributed by atoms with Crippen LogP contribution < -0.4 is 14.8 Å². The summed E-state index contributed by atoms with van der Waals surface area (Å²) in [6, 6.07) is 24.0. The van der Waals surface area contributed by atoms with E-state index in [-0.39, 0.29) is 0 Å². The summed E-state index contributed by atoms with van der Waals surface area (Å²) < 4.78 is 17.0. The summed E-state index contributed by atoms with van der Waals surface area (Å²) in [7, 11) is 3.25. The molecule has 0 aliphatic heterocycles. The van der Waals surface area contributed by atoms with Crippen molar-refractivity contribution in [3.05, 3.63) is 83.7 Å². The molecule has 0 spiro atoms. The van der Waals surface area contributed by atoms with Crippen molar-refractivity contribution in [2.24, 2.45) is 4.99 Å². The quantitative estimate of drug-likeness (QED) is 0.429. The Hall–Kier alpha value is -3.53. The summed E-state index contributed by atoms with van der Waals surface area (Å²) in [5.74, 6) is 2.11. The normalized spacial score (nSPS) is 11.6. The molecule has 0 N–H and O–H groups in total. The van der Waals surface area contributed by atoms with Gasteiger partial charge in [-0.3, -0.25) is 0 Å². The van der Waals surface area contributed by atoms with E-state index in [0.717, 1.165) is 39.8 Å². The highest BCUT2D eigenvalue weighted by Crippen LogP contribution is 2.31. The van der Waals surface area contributed by atoms with E-state index >= 15 is 0 Å². The second-order valence-electron chi connectivity index (χ2n) is 6.70. The van der Waals surface area contributed by atoms with Crippen LogP contribution in [0.5, 0.6) is 11.5 Å². The Morgan fingerprint density at radius 3 is 2.34 bits per heavy atom. The Kier molecular flexibility index (Phi) is 5.34. The molecule has 0 saturated heterocycles. The topological polar surface area (TPSA) is 44.0 Å². The van der Waals surface area contributed by atoms with Crippen LogP contribution in [-0.2, 0) is 6.42 Å². The molecular weight excluding hydrogens is 362 g/mol. The minimum atomic E-state index is 0.649. The SMILES string of the molecule is CCc1ccc2oc(-c3ccccc3)cc(=Nc3ccc(OC)c(OC)c3)c2c1.